The van der Waals surface area contributed by atoms with Crippen LogP contribution in [0, 0.1) is 0 Å². The highest BCUT2D eigenvalue weighted by atomic mass is 32.2. The van der Waals surface area contributed by atoms with Crippen molar-refractivity contribution in [2.24, 2.45) is 0 Å². The van der Waals surface area contributed by atoms with Gasteiger partial charge in [-0.1, -0.05) is 12.1 Å². The first-order chi connectivity index (χ1) is 10.1. The molecule has 1 aliphatic heterocycles. The lowest BCUT2D eigenvalue weighted by Crippen LogP contribution is -2.54. The molecule has 2 rings (SSSR count). The summed E-state index contributed by atoms with van der Waals surface area (Å²) in [4.78, 5) is 27.0. The van der Waals surface area contributed by atoms with E-state index in [1.54, 1.807) is 11.1 Å². The van der Waals surface area contributed by atoms with E-state index >= 15 is 0 Å². The Morgan fingerprint density at radius 1 is 1.10 bits per heavy atom. The third kappa shape index (κ3) is 4.45. The average Bonchev–Trinajstić information content (AvgIpc) is 2.50. The smallest absolute Gasteiger partial charge is 0.317 e. The second kappa shape index (κ2) is 7.44. The number of hydrogen-bond donors (Lipinski definition) is 2. The molecule has 1 heterocycles. The highest BCUT2D eigenvalue weighted by Crippen LogP contribution is 2.24. The van der Waals surface area contributed by atoms with Gasteiger partial charge in [-0.05, 0) is 25.4 Å². The molecule has 0 aliphatic carbocycles. The Hall–Kier alpha value is -1.57. The predicted octanol–water partition coefficient (Wildman–Crippen LogP) is 0.626. The molecule has 2 N–H and O–H groups in total. The van der Waals surface area contributed by atoms with Gasteiger partial charge >= 0.3 is 11.8 Å². The second-order valence-corrected chi connectivity index (χ2v) is 5.73. The zero-order valence-electron chi connectivity index (χ0n) is 12.3. The molecule has 21 heavy (non-hydrogen) atoms. The number of hydrazine groups is 1. The van der Waals surface area contributed by atoms with E-state index in [1.807, 2.05) is 31.5 Å². The van der Waals surface area contributed by atoms with E-state index in [9.17, 15) is 9.59 Å². The Balaban J connectivity index is 1.89. The summed E-state index contributed by atoms with van der Waals surface area (Å²) in [6.45, 7) is 3.18. The van der Waals surface area contributed by atoms with Crippen LogP contribution < -0.4 is 10.7 Å². The standard InChI is InChI=1S/C14H20N4O2S/c1-17-7-9-18(10-8-17)16-14(20)13(19)15-11-5-3-4-6-12(11)21-2/h3-6H,7-10H2,1-2H3,(H,15,19)(H,16,20). The zero-order chi connectivity index (χ0) is 15.2. The number of para-hydroxylation sites is 1. The maximum atomic E-state index is 11.9. The van der Waals surface area contributed by atoms with E-state index in [1.165, 1.54) is 11.8 Å². The van der Waals surface area contributed by atoms with Gasteiger partial charge in [0.2, 0.25) is 0 Å². The van der Waals surface area contributed by atoms with Crippen molar-refractivity contribution in [2.75, 3.05) is 44.8 Å². The van der Waals surface area contributed by atoms with E-state index in [2.05, 4.69) is 15.6 Å². The van der Waals surface area contributed by atoms with E-state index in [-0.39, 0.29) is 0 Å². The summed E-state index contributed by atoms with van der Waals surface area (Å²) in [6.07, 6.45) is 1.93. The Morgan fingerprint density at radius 3 is 2.43 bits per heavy atom. The summed E-state index contributed by atoms with van der Waals surface area (Å²) < 4.78 is 0. The molecule has 6 nitrogen and oxygen atoms in total. The molecule has 2 amide bonds. The van der Waals surface area contributed by atoms with Crippen molar-refractivity contribution in [3.05, 3.63) is 24.3 Å². The Morgan fingerprint density at radius 2 is 1.76 bits per heavy atom. The first-order valence-corrected chi connectivity index (χ1v) is 8.01. The van der Waals surface area contributed by atoms with Gasteiger partial charge in [-0.3, -0.25) is 15.0 Å². The van der Waals surface area contributed by atoms with Gasteiger partial charge < -0.3 is 10.2 Å². The van der Waals surface area contributed by atoms with Crippen molar-refractivity contribution < 1.29 is 9.59 Å². The number of benzene rings is 1. The molecule has 0 bridgehead atoms. The summed E-state index contributed by atoms with van der Waals surface area (Å²) in [5, 5.41) is 4.43. The quantitative estimate of drug-likeness (QED) is 0.633. The average molecular weight is 308 g/mol. The molecular weight excluding hydrogens is 288 g/mol. The number of hydrogen-bond acceptors (Lipinski definition) is 5. The Labute approximate surface area is 128 Å². The third-order valence-corrected chi connectivity index (χ3v) is 4.12. The van der Waals surface area contributed by atoms with E-state index in [0.29, 0.717) is 5.69 Å². The van der Waals surface area contributed by atoms with Crippen LogP contribution in [0.5, 0.6) is 0 Å². The third-order valence-electron chi connectivity index (χ3n) is 3.32. The van der Waals surface area contributed by atoms with Crippen molar-refractivity contribution in [2.45, 2.75) is 4.90 Å². The van der Waals surface area contributed by atoms with E-state index in [4.69, 9.17) is 0 Å². The molecule has 1 aromatic carbocycles. The van der Waals surface area contributed by atoms with Gasteiger partial charge in [0.1, 0.15) is 0 Å². The SMILES string of the molecule is CSc1ccccc1NC(=O)C(=O)NN1CCN(C)CC1. The Bertz CT molecular complexity index is 515. The summed E-state index contributed by atoms with van der Waals surface area (Å²) in [7, 11) is 2.03. The first kappa shape index (κ1) is 15.8. The summed E-state index contributed by atoms with van der Waals surface area (Å²) in [6, 6.07) is 7.41. The number of amides is 2. The number of carbonyl (C=O) groups excluding carboxylic acids is 2. The highest BCUT2D eigenvalue weighted by Gasteiger charge is 2.20. The normalized spacial score (nSPS) is 16.5. The van der Waals surface area contributed by atoms with Crippen LogP contribution in [-0.4, -0.2) is 61.2 Å². The molecule has 0 spiro atoms. The molecule has 0 radical (unpaired) electrons. The molecule has 0 atom stereocenters. The molecule has 7 heteroatoms. The van der Waals surface area contributed by atoms with Gasteiger partial charge in [-0.2, -0.15) is 0 Å². The second-order valence-electron chi connectivity index (χ2n) is 4.89. The number of carbonyl (C=O) groups is 2. The minimum Gasteiger partial charge on any atom is -0.317 e. The van der Waals surface area contributed by atoms with Crippen molar-refractivity contribution in [1.29, 1.82) is 0 Å². The van der Waals surface area contributed by atoms with Gasteiger partial charge in [0.25, 0.3) is 0 Å². The molecule has 0 saturated carbocycles. The van der Waals surface area contributed by atoms with Crippen LogP contribution in [0.2, 0.25) is 0 Å². The van der Waals surface area contributed by atoms with Crippen LogP contribution in [0.15, 0.2) is 29.2 Å². The predicted molar refractivity (Wildman–Crippen MR) is 84.1 cm³/mol. The summed E-state index contributed by atoms with van der Waals surface area (Å²) >= 11 is 1.52. The van der Waals surface area contributed by atoms with Gasteiger partial charge in [-0.25, -0.2) is 5.01 Å². The molecular formula is C14H20N4O2S. The van der Waals surface area contributed by atoms with Crippen LogP contribution in [0.25, 0.3) is 0 Å². The lowest BCUT2D eigenvalue weighted by Gasteiger charge is -2.32. The number of rotatable bonds is 3. The molecule has 1 aromatic rings. The molecule has 0 aromatic heterocycles. The van der Waals surface area contributed by atoms with Gasteiger partial charge in [-0.15, -0.1) is 11.8 Å². The van der Waals surface area contributed by atoms with Crippen LogP contribution in [-0.2, 0) is 9.59 Å². The fourth-order valence-electron chi connectivity index (χ4n) is 2.04. The minimum atomic E-state index is -0.643. The molecule has 1 saturated heterocycles. The van der Waals surface area contributed by atoms with Crippen LogP contribution >= 0.6 is 11.8 Å². The summed E-state index contributed by atoms with van der Waals surface area (Å²) in [5.74, 6) is -1.27. The van der Waals surface area contributed by atoms with E-state index < -0.39 is 11.8 Å². The fraction of sp³-hybridized carbons (Fsp3) is 0.429. The number of piperazine rings is 1. The van der Waals surface area contributed by atoms with Gasteiger partial charge in [0.15, 0.2) is 0 Å². The lowest BCUT2D eigenvalue weighted by molar-refractivity contribution is -0.139. The minimum absolute atomic E-state index is 0.629. The van der Waals surface area contributed by atoms with Crippen LogP contribution in [0.1, 0.15) is 0 Å². The van der Waals surface area contributed by atoms with Crippen molar-refractivity contribution in [1.82, 2.24) is 15.3 Å². The van der Waals surface area contributed by atoms with Crippen molar-refractivity contribution in [3.63, 3.8) is 0 Å². The van der Waals surface area contributed by atoms with Gasteiger partial charge in [0.05, 0.1) is 5.69 Å². The number of anilines is 1. The lowest BCUT2D eigenvalue weighted by atomic mass is 10.3. The number of nitrogens with one attached hydrogen (secondary N) is 2. The van der Waals surface area contributed by atoms with Crippen LogP contribution in [0.3, 0.4) is 0 Å². The highest BCUT2D eigenvalue weighted by molar-refractivity contribution is 7.98. The maximum absolute atomic E-state index is 11.9. The first-order valence-electron chi connectivity index (χ1n) is 6.78. The number of likely N-dealkylation sites (N-methyl/N-ethyl adjacent to an activating group) is 1. The molecule has 1 aliphatic rings. The van der Waals surface area contributed by atoms with Gasteiger partial charge in [0, 0.05) is 31.1 Å². The molecule has 1 fully saturated rings. The number of thioether (sulfide) groups is 1. The Kier molecular flexibility index (Phi) is 5.60. The molecule has 0 unspecified atom stereocenters. The summed E-state index contributed by atoms with van der Waals surface area (Å²) in [5.41, 5.74) is 3.30. The van der Waals surface area contributed by atoms with Crippen LogP contribution in [0.4, 0.5) is 5.69 Å². The number of nitrogens with zero attached hydrogens (tertiary/aromatic N) is 2. The van der Waals surface area contributed by atoms with E-state index in [0.717, 1.165) is 31.1 Å². The van der Waals surface area contributed by atoms with Crippen molar-refractivity contribution in [3.8, 4) is 0 Å². The molecule has 114 valence electrons. The zero-order valence-corrected chi connectivity index (χ0v) is 13.1. The van der Waals surface area contributed by atoms with Crippen molar-refractivity contribution >= 4 is 29.3 Å². The topological polar surface area (TPSA) is 64.7 Å². The monoisotopic (exact) mass is 308 g/mol. The maximum Gasteiger partial charge on any atom is 0.323 e. The largest absolute Gasteiger partial charge is 0.323 e. The fourth-order valence-corrected chi connectivity index (χ4v) is 2.59.